The molecule has 1 amide bonds. The predicted octanol–water partition coefficient (Wildman–Crippen LogP) is 4.45. The van der Waals surface area contributed by atoms with Gasteiger partial charge < -0.3 is 14.2 Å². The number of amides is 1. The van der Waals surface area contributed by atoms with Crippen LogP contribution in [0, 0.1) is 12.8 Å². The Bertz CT molecular complexity index is 1070. The number of hydrogen-bond donors (Lipinski definition) is 0. The Labute approximate surface area is 183 Å². The zero-order valence-electron chi connectivity index (χ0n) is 18.3. The van der Waals surface area contributed by atoms with Crippen molar-refractivity contribution in [1.82, 2.24) is 14.5 Å². The first-order chi connectivity index (χ1) is 15.1. The highest BCUT2D eigenvalue weighted by atomic mass is 16.5. The van der Waals surface area contributed by atoms with Crippen molar-refractivity contribution in [2.45, 2.75) is 38.1 Å². The van der Waals surface area contributed by atoms with E-state index in [9.17, 15) is 4.79 Å². The van der Waals surface area contributed by atoms with E-state index in [-0.39, 0.29) is 5.41 Å². The maximum atomic E-state index is 13.5. The van der Waals surface area contributed by atoms with Gasteiger partial charge in [0, 0.05) is 37.1 Å². The number of benzene rings is 2. The van der Waals surface area contributed by atoms with Gasteiger partial charge in [0.1, 0.15) is 11.6 Å². The molecule has 2 aromatic carbocycles. The fourth-order valence-corrected chi connectivity index (χ4v) is 4.90. The Morgan fingerprint density at radius 2 is 1.87 bits per heavy atom. The van der Waals surface area contributed by atoms with E-state index in [1.807, 2.05) is 36.5 Å². The molecular formula is C26H29N3O2. The molecular weight excluding hydrogens is 386 g/mol. The molecule has 1 unspecified atom stereocenters. The van der Waals surface area contributed by atoms with Gasteiger partial charge in [-0.05, 0) is 49.8 Å². The second-order valence-electron chi connectivity index (χ2n) is 8.92. The molecule has 1 aliphatic heterocycles. The highest BCUT2D eigenvalue weighted by molar-refractivity contribution is 5.91. The molecule has 1 aliphatic carbocycles. The summed E-state index contributed by atoms with van der Waals surface area (Å²) in [5.41, 5.74) is 3.11. The summed E-state index contributed by atoms with van der Waals surface area (Å²) in [5.74, 6) is 2.59. The van der Waals surface area contributed by atoms with Crippen LogP contribution in [0.3, 0.4) is 0 Å². The number of carbonyl (C=O) groups excluding carboxylic acids is 1. The third-order valence-corrected chi connectivity index (χ3v) is 6.90. The van der Waals surface area contributed by atoms with Crippen LogP contribution in [0.2, 0.25) is 0 Å². The molecule has 2 fully saturated rings. The molecule has 160 valence electrons. The number of hydrogen-bond acceptors (Lipinski definition) is 3. The lowest BCUT2D eigenvalue weighted by Gasteiger charge is -2.24. The molecule has 3 aromatic rings. The lowest BCUT2D eigenvalue weighted by molar-refractivity contribution is -0.133. The number of likely N-dealkylation sites (tertiary alicyclic amines) is 1. The summed E-state index contributed by atoms with van der Waals surface area (Å²) in [6.07, 6.45) is 4.87. The number of aromatic nitrogens is 2. The molecule has 2 aliphatic rings. The summed E-state index contributed by atoms with van der Waals surface area (Å²) in [4.78, 5) is 20.2. The summed E-state index contributed by atoms with van der Waals surface area (Å²) in [7, 11) is 1.67. The van der Waals surface area contributed by atoms with E-state index in [1.54, 1.807) is 7.11 Å². The Morgan fingerprint density at radius 3 is 2.55 bits per heavy atom. The monoisotopic (exact) mass is 415 g/mol. The maximum Gasteiger partial charge on any atom is 0.233 e. The van der Waals surface area contributed by atoms with Crippen LogP contribution in [0.4, 0.5) is 0 Å². The second kappa shape index (κ2) is 7.88. The molecule has 1 aromatic heterocycles. The highest BCUT2D eigenvalue weighted by Crippen LogP contribution is 2.50. The van der Waals surface area contributed by atoms with Crippen LogP contribution < -0.4 is 4.74 Å². The average Bonchev–Trinajstić information content (AvgIpc) is 3.36. The molecule has 1 saturated carbocycles. The van der Waals surface area contributed by atoms with Gasteiger partial charge in [-0.1, -0.05) is 42.5 Å². The van der Waals surface area contributed by atoms with Gasteiger partial charge in [-0.25, -0.2) is 4.98 Å². The first-order valence-corrected chi connectivity index (χ1v) is 11.1. The van der Waals surface area contributed by atoms with Gasteiger partial charge in [-0.2, -0.15) is 0 Å². The number of methoxy groups -OCH3 is 1. The quantitative estimate of drug-likeness (QED) is 0.598. The summed E-state index contributed by atoms with van der Waals surface area (Å²) >= 11 is 0. The van der Waals surface area contributed by atoms with Gasteiger partial charge in [0.25, 0.3) is 0 Å². The van der Waals surface area contributed by atoms with Crippen LogP contribution in [-0.2, 0) is 16.8 Å². The second-order valence-corrected chi connectivity index (χ2v) is 8.92. The number of ether oxygens (including phenoxy) is 1. The van der Waals surface area contributed by atoms with Crippen molar-refractivity contribution in [2.24, 2.45) is 5.92 Å². The molecule has 0 spiro atoms. The average molecular weight is 416 g/mol. The van der Waals surface area contributed by atoms with Crippen molar-refractivity contribution in [1.29, 1.82) is 0 Å². The van der Waals surface area contributed by atoms with Crippen LogP contribution in [0.15, 0.2) is 60.8 Å². The highest BCUT2D eigenvalue weighted by Gasteiger charge is 2.53. The topological polar surface area (TPSA) is 47.4 Å². The van der Waals surface area contributed by atoms with E-state index in [0.717, 1.165) is 61.6 Å². The van der Waals surface area contributed by atoms with Crippen LogP contribution in [0.5, 0.6) is 5.75 Å². The van der Waals surface area contributed by atoms with Crippen molar-refractivity contribution in [2.75, 3.05) is 20.2 Å². The van der Waals surface area contributed by atoms with Crippen LogP contribution >= 0.6 is 0 Å². The van der Waals surface area contributed by atoms with Gasteiger partial charge in [0.2, 0.25) is 5.91 Å². The summed E-state index contributed by atoms with van der Waals surface area (Å²) in [6, 6.07) is 18.4. The van der Waals surface area contributed by atoms with E-state index in [0.29, 0.717) is 11.8 Å². The lowest BCUT2D eigenvalue weighted by atomic mass is 9.94. The van der Waals surface area contributed by atoms with E-state index in [2.05, 4.69) is 45.6 Å². The van der Waals surface area contributed by atoms with Gasteiger partial charge in [0.15, 0.2) is 0 Å². The van der Waals surface area contributed by atoms with E-state index < -0.39 is 0 Å². The van der Waals surface area contributed by atoms with Gasteiger partial charge in [-0.15, -0.1) is 0 Å². The maximum absolute atomic E-state index is 13.5. The van der Waals surface area contributed by atoms with E-state index >= 15 is 0 Å². The minimum atomic E-state index is -0.318. The van der Waals surface area contributed by atoms with E-state index in [1.165, 1.54) is 5.69 Å². The molecule has 1 saturated heterocycles. The van der Waals surface area contributed by atoms with Crippen molar-refractivity contribution < 1.29 is 9.53 Å². The standard InChI is InChI=1S/C26H29N3O2/c1-19-16-27-24(21-6-4-3-5-7-21)29(19)18-20-12-15-28(17-20)25(30)26(13-14-26)22-8-10-23(31-2)11-9-22/h3-11,16,20H,12-15,17-18H2,1-2H3. The van der Waals surface area contributed by atoms with Gasteiger partial charge in [-0.3, -0.25) is 4.79 Å². The normalized spacial score (nSPS) is 19.4. The zero-order valence-corrected chi connectivity index (χ0v) is 18.3. The van der Waals surface area contributed by atoms with Crippen molar-refractivity contribution in [3.05, 3.63) is 72.1 Å². The van der Waals surface area contributed by atoms with Crippen LogP contribution in [0.1, 0.15) is 30.5 Å². The van der Waals surface area contributed by atoms with Crippen molar-refractivity contribution in [3.8, 4) is 17.1 Å². The molecule has 0 bridgehead atoms. The SMILES string of the molecule is COc1ccc(C2(C(=O)N3CCC(Cn4c(C)cnc4-c4ccccc4)C3)CC2)cc1. The minimum Gasteiger partial charge on any atom is -0.497 e. The fourth-order valence-electron chi connectivity index (χ4n) is 4.90. The molecule has 0 radical (unpaired) electrons. The van der Waals surface area contributed by atoms with Crippen LogP contribution in [-0.4, -0.2) is 40.6 Å². The number of aryl methyl sites for hydroxylation is 1. The summed E-state index contributed by atoms with van der Waals surface area (Å²) in [6.45, 7) is 4.67. The number of imidazole rings is 1. The van der Waals surface area contributed by atoms with Crippen molar-refractivity contribution in [3.63, 3.8) is 0 Å². The number of rotatable bonds is 6. The largest absolute Gasteiger partial charge is 0.497 e. The van der Waals surface area contributed by atoms with Gasteiger partial charge in [0.05, 0.1) is 12.5 Å². The third kappa shape index (κ3) is 3.62. The molecule has 2 heterocycles. The molecule has 5 heteroatoms. The third-order valence-electron chi connectivity index (χ3n) is 6.90. The van der Waals surface area contributed by atoms with Crippen LogP contribution in [0.25, 0.3) is 11.4 Å². The first kappa shape index (κ1) is 19.9. The smallest absolute Gasteiger partial charge is 0.233 e. The minimum absolute atomic E-state index is 0.297. The van der Waals surface area contributed by atoms with Crippen molar-refractivity contribution >= 4 is 5.91 Å². The van der Waals surface area contributed by atoms with Gasteiger partial charge >= 0.3 is 0 Å². The zero-order chi connectivity index (χ0) is 21.4. The molecule has 1 atom stereocenters. The Balaban J connectivity index is 1.29. The Morgan fingerprint density at radius 1 is 1.13 bits per heavy atom. The first-order valence-electron chi connectivity index (χ1n) is 11.1. The summed E-state index contributed by atoms with van der Waals surface area (Å²) < 4.78 is 7.58. The number of carbonyl (C=O) groups is 1. The Hall–Kier alpha value is -3.08. The molecule has 5 rings (SSSR count). The summed E-state index contributed by atoms with van der Waals surface area (Å²) in [5, 5.41) is 0. The lowest BCUT2D eigenvalue weighted by Crippen LogP contribution is -2.38. The molecule has 5 nitrogen and oxygen atoms in total. The fraction of sp³-hybridized carbons (Fsp3) is 0.385. The van der Waals surface area contributed by atoms with E-state index in [4.69, 9.17) is 4.74 Å². The number of nitrogens with zero attached hydrogens (tertiary/aromatic N) is 3. The molecule has 31 heavy (non-hydrogen) atoms. The molecule has 0 N–H and O–H groups in total. The Kier molecular flexibility index (Phi) is 5.05. The predicted molar refractivity (Wildman–Crippen MR) is 121 cm³/mol.